The molecule has 0 fully saturated rings. The van der Waals surface area contributed by atoms with Gasteiger partial charge in [0.1, 0.15) is 0 Å². The van der Waals surface area contributed by atoms with Gasteiger partial charge in [0.05, 0.1) is 10.6 Å². The van der Waals surface area contributed by atoms with Gasteiger partial charge < -0.3 is 5.73 Å². The zero-order chi connectivity index (χ0) is 19.9. The molecule has 0 unspecified atom stereocenters. The van der Waals surface area contributed by atoms with Crippen molar-refractivity contribution in [2.75, 3.05) is 12.3 Å². The summed E-state index contributed by atoms with van der Waals surface area (Å²) >= 11 is 0. The van der Waals surface area contributed by atoms with Crippen LogP contribution in [-0.2, 0) is 10.0 Å². The lowest BCUT2D eigenvalue weighted by Gasteiger charge is -2.07. The average Bonchev–Trinajstić information content (AvgIpc) is 2.66. The second-order valence-electron chi connectivity index (χ2n) is 6.04. The Bertz CT molecular complexity index is 905. The second kappa shape index (κ2) is 9.29. The first-order valence-corrected chi connectivity index (χ1v) is 10.1. The van der Waals surface area contributed by atoms with Crippen molar-refractivity contribution in [3.8, 4) is 0 Å². The van der Waals surface area contributed by atoms with E-state index in [4.69, 9.17) is 5.73 Å². The Morgan fingerprint density at radius 2 is 1.63 bits per heavy atom. The molecule has 0 aliphatic rings. The van der Waals surface area contributed by atoms with Crippen molar-refractivity contribution in [3.05, 3.63) is 59.7 Å². The van der Waals surface area contributed by atoms with Gasteiger partial charge in [-0.25, -0.2) is 18.6 Å². The van der Waals surface area contributed by atoms with Gasteiger partial charge in [0.2, 0.25) is 10.0 Å². The molecule has 1 amide bonds. The minimum absolute atomic E-state index is 0.195. The standard InChI is InChI=1S/C19H24N4O3S/c1-3-4-13-21-27(25,26)18-11-7-15(8-12-18)14(2)22-23-19(24)16-5-9-17(20)10-6-16/h5-12,21H,3-4,13,20H2,1-2H3,(H,23,24)/b22-14-. The van der Waals surface area contributed by atoms with Crippen molar-refractivity contribution in [1.82, 2.24) is 10.1 Å². The SMILES string of the molecule is CCCCNS(=O)(=O)c1ccc(/C(C)=N\NC(=O)c2ccc(N)cc2)cc1. The highest BCUT2D eigenvalue weighted by Crippen LogP contribution is 2.11. The first-order chi connectivity index (χ1) is 12.8. The summed E-state index contributed by atoms with van der Waals surface area (Å²) in [6.07, 6.45) is 1.70. The van der Waals surface area contributed by atoms with Crippen molar-refractivity contribution in [1.29, 1.82) is 0 Å². The maximum atomic E-state index is 12.2. The fraction of sp³-hybridized carbons (Fsp3) is 0.263. The minimum atomic E-state index is -3.51. The third kappa shape index (κ3) is 5.90. The van der Waals surface area contributed by atoms with Crippen LogP contribution in [0.5, 0.6) is 0 Å². The van der Waals surface area contributed by atoms with E-state index >= 15 is 0 Å². The molecule has 0 aliphatic carbocycles. The Balaban J connectivity index is 2.04. The molecule has 0 saturated heterocycles. The highest BCUT2D eigenvalue weighted by molar-refractivity contribution is 7.89. The number of rotatable bonds is 8. The van der Waals surface area contributed by atoms with Gasteiger partial charge in [-0.1, -0.05) is 25.5 Å². The van der Waals surface area contributed by atoms with Crippen LogP contribution in [0.15, 0.2) is 58.5 Å². The number of anilines is 1. The van der Waals surface area contributed by atoms with Crippen LogP contribution in [-0.4, -0.2) is 26.6 Å². The molecule has 0 saturated carbocycles. The first-order valence-electron chi connectivity index (χ1n) is 8.63. The van der Waals surface area contributed by atoms with E-state index in [9.17, 15) is 13.2 Å². The molecule has 0 spiro atoms. The number of carbonyl (C=O) groups excluding carboxylic acids is 1. The van der Waals surface area contributed by atoms with Gasteiger partial charge >= 0.3 is 0 Å². The number of nitrogens with one attached hydrogen (secondary N) is 2. The zero-order valence-electron chi connectivity index (χ0n) is 15.4. The van der Waals surface area contributed by atoms with E-state index in [2.05, 4.69) is 15.2 Å². The van der Waals surface area contributed by atoms with Gasteiger partial charge in [-0.3, -0.25) is 4.79 Å². The molecule has 0 radical (unpaired) electrons. The molecular formula is C19H24N4O3S. The van der Waals surface area contributed by atoms with Crippen molar-refractivity contribution in [3.63, 3.8) is 0 Å². The Morgan fingerprint density at radius 1 is 1.04 bits per heavy atom. The van der Waals surface area contributed by atoms with E-state index in [1.54, 1.807) is 43.3 Å². The van der Waals surface area contributed by atoms with E-state index < -0.39 is 10.0 Å². The van der Waals surface area contributed by atoms with Gasteiger partial charge in [0, 0.05) is 17.8 Å². The summed E-state index contributed by atoms with van der Waals surface area (Å²) < 4.78 is 26.9. The van der Waals surface area contributed by atoms with E-state index in [-0.39, 0.29) is 10.8 Å². The fourth-order valence-corrected chi connectivity index (χ4v) is 3.31. The number of hydrogen-bond acceptors (Lipinski definition) is 5. The molecule has 7 nitrogen and oxygen atoms in total. The highest BCUT2D eigenvalue weighted by Gasteiger charge is 2.13. The Labute approximate surface area is 159 Å². The number of hydrazone groups is 1. The Kier molecular flexibility index (Phi) is 7.09. The number of nitrogen functional groups attached to an aromatic ring is 1. The van der Waals surface area contributed by atoms with Crippen LogP contribution in [0.25, 0.3) is 0 Å². The van der Waals surface area contributed by atoms with Gasteiger partial charge in [-0.15, -0.1) is 0 Å². The number of nitrogens with zero attached hydrogens (tertiary/aromatic N) is 1. The second-order valence-corrected chi connectivity index (χ2v) is 7.80. The van der Waals surface area contributed by atoms with Gasteiger partial charge in [-0.2, -0.15) is 5.10 Å². The molecule has 0 heterocycles. The average molecular weight is 388 g/mol. The van der Waals surface area contributed by atoms with Crippen molar-refractivity contribution in [2.24, 2.45) is 5.10 Å². The lowest BCUT2D eigenvalue weighted by atomic mass is 10.1. The molecule has 0 aromatic heterocycles. The normalized spacial score (nSPS) is 12.0. The van der Waals surface area contributed by atoms with E-state index in [1.165, 1.54) is 12.1 Å². The molecule has 0 bridgehead atoms. The van der Waals surface area contributed by atoms with Gasteiger partial charge in [0.15, 0.2) is 0 Å². The molecule has 8 heteroatoms. The molecule has 0 aliphatic heterocycles. The molecule has 2 rings (SSSR count). The number of unbranched alkanes of at least 4 members (excludes halogenated alkanes) is 1. The molecule has 4 N–H and O–H groups in total. The minimum Gasteiger partial charge on any atom is -0.399 e. The van der Waals surface area contributed by atoms with Crippen LogP contribution >= 0.6 is 0 Å². The topological polar surface area (TPSA) is 114 Å². The summed E-state index contributed by atoms with van der Waals surface area (Å²) in [5.41, 5.74) is 10.4. The Hall–Kier alpha value is -2.71. The molecule has 144 valence electrons. The molecule has 2 aromatic rings. The monoisotopic (exact) mass is 388 g/mol. The van der Waals surface area contributed by atoms with Crippen LogP contribution < -0.4 is 15.9 Å². The maximum absolute atomic E-state index is 12.2. The van der Waals surface area contributed by atoms with Crippen LogP contribution in [0.2, 0.25) is 0 Å². The van der Waals surface area contributed by atoms with E-state index in [0.29, 0.717) is 29.1 Å². The third-order valence-electron chi connectivity index (χ3n) is 3.90. The predicted molar refractivity (Wildman–Crippen MR) is 107 cm³/mol. The number of sulfonamides is 1. The quantitative estimate of drug-likeness (QED) is 0.279. The summed E-state index contributed by atoms with van der Waals surface area (Å²) in [6.45, 7) is 4.14. The number of carbonyl (C=O) groups is 1. The lowest BCUT2D eigenvalue weighted by Crippen LogP contribution is -2.24. The summed E-state index contributed by atoms with van der Waals surface area (Å²) in [4.78, 5) is 12.3. The largest absolute Gasteiger partial charge is 0.399 e. The fourth-order valence-electron chi connectivity index (χ4n) is 2.24. The number of hydrogen-bond donors (Lipinski definition) is 3. The van der Waals surface area contributed by atoms with Crippen molar-refractivity contribution in [2.45, 2.75) is 31.6 Å². The molecule has 0 atom stereocenters. The molecule has 2 aromatic carbocycles. The maximum Gasteiger partial charge on any atom is 0.271 e. The zero-order valence-corrected chi connectivity index (χ0v) is 16.2. The number of amides is 1. The van der Waals surface area contributed by atoms with Crippen molar-refractivity contribution < 1.29 is 13.2 Å². The first kappa shape index (κ1) is 20.6. The third-order valence-corrected chi connectivity index (χ3v) is 5.38. The van der Waals surface area contributed by atoms with Crippen LogP contribution in [0.1, 0.15) is 42.6 Å². The summed E-state index contributed by atoms with van der Waals surface area (Å²) in [5.74, 6) is -0.353. The smallest absolute Gasteiger partial charge is 0.271 e. The summed E-state index contributed by atoms with van der Waals surface area (Å²) in [6, 6.07) is 12.8. The molecular weight excluding hydrogens is 364 g/mol. The van der Waals surface area contributed by atoms with E-state index in [1.807, 2.05) is 6.92 Å². The lowest BCUT2D eigenvalue weighted by molar-refractivity contribution is 0.0955. The van der Waals surface area contributed by atoms with Crippen LogP contribution in [0.4, 0.5) is 5.69 Å². The van der Waals surface area contributed by atoms with Crippen LogP contribution in [0, 0.1) is 0 Å². The van der Waals surface area contributed by atoms with Crippen LogP contribution in [0.3, 0.4) is 0 Å². The number of nitrogens with two attached hydrogens (primary N) is 1. The Morgan fingerprint density at radius 3 is 2.22 bits per heavy atom. The van der Waals surface area contributed by atoms with Gasteiger partial charge in [0.25, 0.3) is 5.91 Å². The highest BCUT2D eigenvalue weighted by atomic mass is 32.2. The number of benzene rings is 2. The van der Waals surface area contributed by atoms with Gasteiger partial charge in [-0.05, 0) is 55.3 Å². The summed E-state index contributed by atoms with van der Waals surface area (Å²) in [7, 11) is -3.51. The van der Waals surface area contributed by atoms with E-state index in [0.717, 1.165) is 12.8 Å². The molecule has 27 heavy (non-hydrogen) atoms. The summed E-state index contributed by atoms with van der Waals surface area (Å²) in [5, 5.41) is 4.07. The van der Waals surface area contributed by atoms with Crippen molar-refractivity contribution >= 4 is 27.3 Å². The predicted octanol–water partition coefficient (Wildman–Crippen LogP) is 2.50.